The van der Waals surface area contributed by atoms with Crippen molar-refractivity contribution < 1.29 is 9.53 Å². The minimum atomic E-state index is -0.687. The van der Waals surface area contributed by atoms with Gasteiger partial charge in [-0.3, -0.25) is 4.79 Å². The summed E-state index contributed by atoms with van der Waals surface area (Å²) in [6.45, 7) is 10.4. The molecule has 114 valence electrons. The molecule has 0 fully saturated rings. The van der Waals surface area contributed by atoms with Crippen molar-refractivity contribution in [2.24, 2.45) is 0 Å². The molecule has 5 heteroatoms. The molecule has 0 radical (unpaired) electrons. The van der Waals surface area contributed by atoms with Gasteiger partial charge < -0.3 is 14.6 Å². The molecule has 5 nitrogen and oxygen atoms in total. The van der Waals surface area contributed by atoms with Crippen molar-refractivity contribution in [3.63, 3.8) is 0 Å². The minimum absolute atomic E-state index is 0.164. The molecule has 1 N–H and O–H groups in total. The van der Waals surface area contributed by atoms with E-state index in [0.29, 0.717) is 18.9 Å². The van der Waals surface area contributed by atoms with Crippen LogP contribution in [0.1, 0.15) is 58.8 Å². The van der Waals surface area contributed by atoms with Gasteiger partial charge >= 0.3 is 5.97 Å². The van der Waals surface area contributed by atoms with E-state index in [2.05, 4.69) is 35.6 Å². The van der Waals surface area contributed by atoms with Gasteiger partial charge in [0.2, 0.25) is 0 Å². The van der Waals surface area contributed by atoms with Crippen LogP contribution < -0.4 is 5.32 Å². The monoisotopic (exact) mass is 281 g/mol. The molecule has 1 aromatic rings. The molecule has 2 atom stereocenters. The van der Waals surface area contributed by atoms with Gasteiger partial charge in [-0.2, -0.15) is 0 Å². The van der Waals surface area contributed by atoms with E-state index < -0.39 is 5.54 Å². The Labute approximate surface area is 121 Å². The number of ether oxygens (including phenoxy) is 1. The van der Waals surface area contributed by atoms with Crippen LogP contribution in [0.25, 0.3) is 0 Å². The summed E-state index contributed by atoms with van der Waals surface area (Å²) in [5.74, 6) is 1.19. The van der Waals surface area contributed by atoms with Gasteiger partial charge in [0.1, 0.15) is 11.4 Å². The first-order valence-corrected chi connectivity index (χ1v) is 7.24. The van der Waals surface area contributed by atoms with Crippen molar-refractivity contribution in [2.75, 3.05) is 13.7 Å². The third-order valence-electron chi connectivity index (χ3n) is 3.67. The maximum absolute atomic E-state index is 12.1. The second-order valence-electron chi connectivity index (χ2n) is 5.70. The maximum atomic E-state index is 12.1. The Kier molecular flexibility index (Phi) is 5.74. The molecular formula is C15H27N3O2. The van der Waals surface area contributed by atoms with E-state index in [9.17, 15) is 4.79 Å². The lowest BCUT2D eigenvalue weighted by molar-refractivity contribution is -0.151. The van der Waals surface area contributed by atoms with Crippen LogP contribution in [0.5, 0.6) is 0 Å². The summed E-state index contributed by atoms with van der Waals surface area (Å²) in [6, 6.07) is 0.164. The molecule has 0 aromatic carbocycles. The molecule has 1 heterocycles. The number of nitrogens with one attached hydrogen (secondary N) is 1. The lowest BCUT2D eigenvalue weighted by atomic mass is 9.93. The second kappa shape index (κ2) is 6.88. The number of nitrogens with zero attached hydrogens (tertiary/aromatic N) is 2. The van der Waals surface area contributed by atoms with E-state index in [1.54, 1.807) is 7.05 Å². The van der Waals surface area contributed by atoms with Gasteiger partial charge in [0.05, 0.1) is 6.61 Å². The Morgan fingerprint density at radius 1 is 1.50 bits per heavy atom. The third kappa shape index (κ3) is 3.60. The van der Waals surface area contributed by atoms with Crippen molar-refractivity contribution in [3.8, 4) is 0 Å². The molecule has 0 spiro atoms. The van der Waals surface area contributed by atoms with Gasteiger partial charge in [0.25, 0.3) is 0 Å². The van der Waals surface area contributed by atoms with E-state index in [4.69, 9.17) is 4.74 Å². The topological polar surface area (TPSA) is 56.2 Å². The van der Waals surface area contributed by atoms with Crippen molar-refractivity contribution in [1.29, 1.82) is 0 Å². The fraction of sp³-hybridized carbons (Fsp3) is 0.733. The molecule has 1 aromatic heterocycles. The zero-order chi connectivity index (χ0) is 15.3. The number of imidazole rings is 1. The highest BCUT2D eigenvalue weighted by atomic mass is 16.5. The summed E-state index contributed by atoms with van der Waals surface area (Å²) < 4.78 is 7.31. The summed E-state index contributed by atoms with van der Waals surface area (Å²) in [5.41, 5.74) is -0.687. The first kappa shape index (κ1) is 16.7. The van der Waals surface area contributed by atoms with E-state index in [1.807, 2.05) is 26.2 Å². The van der Waals surface area contributed by atoms with Crippen molar-refractivity contribution in [2.45, 2.75) is 58.5 Å². The Bertz CT molecular complexity index is 442. The Balaban J connectivity index is 2.89. The summed E-state index contributed by atoms with van der Waals surface area (Å²) in [7, 11) is 1.79. The first-order valence-electron chi connectivity index (χ1n) is 7.24. The van der Waals surface area contributed by atoms with Gasteiger partial charge in [0, 0.05) is 24.4 Å². The normalized spacial score (nSPS) is 15.9. The van der Waals surface area contributed by atoms with Crippen LogP contribution in [0.2, 0.25) is 0 Å². The summed E-state index contributed by atoms with van der Waals surface area (Å²) in [6.07, 6.45) is 4.44. The smallest absolute Gasteiger partial charge is 0.326 e. The number of likely N-dealkylation sites (N-methyl/N-ethyl adjacent to an activating group) is 1. The SMILES string of the molecule is CCOC(=O)C(C)(CC(C)n1ccnc1C(C)C)NC. The van der Waals surface area contributed by atoms with Crippen LogP contribution in [0.15, 0.2) is 12.4 Å². The standard InChI is InChI=1S/C15H27N3O2/c1-7-20-14(19)15(5,16-6)10-12(4)18-9-8-17-13(18)11(2)3/h8-9,11-12,16H,7,10H2,1-6H3. The lowest BCUT2D eigenvalue weighted by Gasteiger charge is -2.30. The number of hydrogen-bond donors (Lipinski definition) is 1. The average molecular weight is 281 g/mol. The second-order valence-corrected chi connectivity index (χ2v) is 5.70. The molecule has 0 bridgehead atoms. The van der Waals surface area contributed by atoms with Crippen LogP contribution in [0.3, 0.4) is 0 Å². The lowest BCUT2D eigenvalue weighted by Crippen LogP contribution is -2.50. The van der Waals surface area contributed by atoms with Crippen molar-refractivity contribution in [3.05, 3.63) is 18.2 Å². The molecule has 0 aliphatic heterocycles. The predicted molar refractivity (Wildman–Crippen MR) is 79.7 cm³/mol. The number of aromatic nitrogens is 2. The Morgan fingerprint density at radius 3 is 2.65 bits per heavy atom. The molecule has 2 unspecified atom stereocenters. The minimum Gasteiger partial charge on any atom is -0.465 e. The highest BCUT2D eigenvalue weighted by molar-refractivity contribution is 5.80. The van der Waals surface area contributed by atoms with Gasteiger partial charge in [-0.1, -0.05) is 13.8 Å². The third-order valence-corrected chi connectivity index (χ3v) is 3.67. The van der Waals surface area contributed by atoms with Crippen LogP contribution in [-0.2, 0) is 9.53 Å². The van der Waals surface area contributed by atoms with Gasteiger partial charge in [-0.15, -0.1) is 0 Å². The summed E-state index contributed by atoms with van der Waals surface area (Å²) in [5, 5.41) is 3.10. The van der Waals surface area contributed by atoms with Crippen LogP contribution in [0, 0.1) is 0 Å². The first-order chi connectivity index (χ1) is 9.35. The highest BCUT2D eigenvalue weighted by Gasteiger charge is 2.35. The molecule has 0 saturated heterocycles. The summed E-state index contributed by atoms with van der Waals surface area (Å²) >= 11 is 0. The Morgan fingerprint density at radius 2 is 2.15 bits per heavy atom. The van der Waals surface area contributed by atoms with Gasteiger partial charge in [0.15, 0.2) is 0 Å². The van der Waals surface area contributed by atoms with E-state index in [-0.39, 0.29) is 12.0 Å². The summed E-state index contributed by atoms with van der Waals surface area (Å²) in [4.78, 5) is 16.5. The molecule has 0 aliphatic rings. The van der Waals surface area contributed by atoms with Crippen molar-refractivity contribution >= 4 is 5.97 Å². The van der Waals surface area contributed by atoms with E-state index in [0.717, 1.165) is 5.82 Å². The molecular weight excluding hydrogens is 254 g/mol. The van der Waals surface area contributed by atoms with Gasteiger partial charge in [-0.25, -0.2) is 4.98 Å². The number of esters is 1. The maximum Gasteiger partial charge on any atom is 0.326 e. The fourth-order valence-corrected chi connectivity index (χ4v) is 2.41. The van der Waals surface area contributed by atoms with Crippen LogP contribution >= 0.6 is 0 Å². The molecule has 0 saturated carbocycles. The number of rotatable bonds is 7. The number of carbonyl (C=O) groups is 1. The number of hydrogen-bond acceptors (Lipinski definition) is 4. The zero-order valence-electron chi connectivity index (χ0n) is 13.4. The van der Waals surface area contributed by atoms with Crippen LogP contribution in [-0.4, -0.2) is 34.7 Å². The van der Waals surface area contributed by atoms with Gasteiger partial charge in [-0.05, 0) is 34.2 Å². The average Bonchev–Trinajstić information content (AvgIpc) is 2.88. The molecule has 20 heavy (non-hydrogen) atoms. The van der Waals surface area contributed by atoms with E-state index in [1.165, 1.54) is 0 Å². The fourth-order valence-electron chi connectivity index (χ4n) is 2.41. The largest absolute Gasteiger partial charge is 0.465 e. The zero-order valence-corrected chi connectivity index (χ0v) is 13.4. The number of carbonyl (C=O) groups excluding carboxylic acids is 1. The molecule has 0 amide bonds. The highest BCUT2D eigenvalue weighted by Crippen LogP contribution is 2.25. The predicted octanol–water partition coefficient (Wildman–Crippen LogP) is 2.50. The van der Waals surface area contributed by atoms with E-state index >= 15 is 0 Å². The quantitative estimate of drug-likeness (QED) is 0.780. The van der Waals surface area contributed by atoms with Crippen LogP contribution in [0.4, 0.5) is 0 Å². The molecule has 1 rings (SSSR count). The molecule has 0 aliphatic carbocycles. The Hall–Kier alpha value is -1.36. The van der Waals surface area contributed by atoms with Crippen molar-refractivity contribution in [1.82, 2.24) is 14.9 Å².